The Morgan fingerprint density at radius 1 is 1.00 bits per heavy atom. The lowest BCUT2D eigenvalue weighted by Crippen LogP contribution is -2.41. The Morgan fingerprint density at radius 2 is 1.61 bits per heavy atom. The predicted molar refractivity (Wildman–Crippen MR) is 119 cm³/mol. The molecule has 0 bridgehead atoms. The Bertz CT molecular complexity index is 907. The van der Waals surface area contributed by atoms with Crippen LogP contribution in [0.2, 0.25) is 0 Å². The van der Waals surface area contributed by atoms with Gasteiger partial charge in [0.15, 0.2) is 0 Å². The minimum absolute atomic E-state index is 0.0418. The van der Waals surface area contributed by atoms with E-state index in [0.29, 0.717) is 42.4 Å². The number of nitrogens with zero attached hydrogens (tertiary/aromatic N) is 1. The van der Waals surface area contributed by atoms with E-state index in [0.717, 1.165) is 17.3 Å². The smallest absolute Gasteiger partial charge is 0.434 e. The highest BCUT2D eigenvalue weighted by Gasteiger charge is 2.24. The van der Waals surface area contributed by atoms with E-state index in [-0.39, 0.29) is 18.4 Å². The van der Waals surface area contributed by atoms with Crippen LogP contribution < -0.4 is 10.1 Å². The molecular weight excluding hydrogens is 464 g/mol. The fourth-order valence-electron chi connectivity index (χ4n) is 3.37. The molecule has 8 heteroatoms. The first-order chi connectivity index (χ1) is 15.0. The second kappa shape index (κ2) is 10.9. The van der Waals surface area contributed by atoms with E-state index in [4.69, 9.17) is 9.47 Å². The summed E-state index contributed by atoms with van der Waals surface area (Å²) < 4.78 is 10.6. The Morgan fingerprint density at radius 3 is 2.23 bits per heavy atom. The number of halogens is 1. The van der Waals surface area contributed by atoms with Crippen LogP contribution in [-0.2, 0) is 4.74 Å². The first kappa shape index (κ1) is 22.8. The van der Waals surface area contributed by atoms with Crippen LogP contribution in [-0.4, -0.2) is 49.1 Å². The Labute approximate surface area is 189 Å². The number of benzene rings is 2. The summed E-state index contributed by atoms with van der Waals surface area (Å²) in [6, 6.07) is 13.7. The van der Waals surface area contributed by atoms with Crippen molar-refractivity contribution in [2.24, 2.45) is 5.92 Å². The molecule has 7 nitrogen and oxygen atoms in total. The summed E-state index contributed by atoms with van der Waals surface area (Å²) in [5, 5.41) is 2.95. The zero-order valence-electron chi connectivity index (χ0n) is 17.3. The van der Waals surface area contributed by atoms with E-state index < -0.39 is 6.16 Å². The highest BCUT2D eigenvalue weighted by molar-refractivity contribution is 9.10. The highest BCUT2D eigenvalue weighted by atomic mass is 79.9. The lowest BCUT2D eigenvalue weighted by atomic mass is 9.96. The molecule has 3 rings (SSSR count). The third kappa shape index (κ3) is 6.55. The van der Waals surface area contributed by atoms with Crippen molar-refractivity contribution >= 4 is 33.9 Å². The van der Waals surface area contributed by atoms with Gasteiger partial charge in [-0.2, -0.15) is 0 Å². The van der Waals surface area contributed by atoms with Crippen LogP contribution >= 0.6 is 15.9 Å². The van der Waals surface area contributed by atoms with Gasteiger partial charge in [0.05, 0.1) is 6.61 Å². The second-order valence-corrected chi connectivity index (χ2v) is 8.18. The van der Waals surface area contributed by atoms with Crippen LogP contribution in [0.3, 0.4) is 0 Å². The topological polar surface area (TPSA) is 84.9 Å². The van der Waals surface area contributed by atoms with Gasteiger partial charge in [0, 0.05) is 35.2 Å². The van der Waals surface area contributed by atoms with Gasteiger partial charge in [-0.25, -0.2) is 4.79 Å². The van der Waals surface area contributed by atoms with Crippen molar-refractivity contribution in [2.45, 2.75) is 19.8 Å². The minimum Gasteiger partial charge on any atom is -0.434 e. The number of hydrogen-bond acceptors (Lipinski definition) is 5. The maximum absolute atomic E-state index is 12.6. The zero-order chi connectivity index (χ0) is 22.2. The molecule has 0 aliphatic carbocycles. The summed E-state index contributed by atoms with van der Waals surface area (Å²) in [4.78, 5) is 38.2. The number of ether oxygens (including phenoxy) is 2. The molecule has 0 spiro atoms. The molecule has 0 aromatic heterocycles. The first-order valence-corrected chi connectivity index (χ1v) is 11.0. The number of likely N-dealkylation sites (tertiary alicyclic amines) is 1. The largest absolute Gasteiger partial charge is 0.513 e. The normalized spacial score (nSPS) is 14.1. The summed E-state index contributed by atoms with van der Waals surface area (Å²) in [5.74, 6) is 0.498. The van der Waals surface area contributed by atoms with Gasteiger partial charge in [-0.1, -0.05) is 15.9 Å². The Hall–Kier alpha value is -2.87. The number of nitrogens with one attached hydrogen (secondary N) is 1. The van der Waals surface area contributed by atoms with Crippen molar-refractivity contribution in [3.63, 3.8) is 0 Å². The van der Waals surface area contributed by atoms with Gasteiger partial charge in [-0.15, -0.1) is 0 Å². The molecule has 1 N–H and O–H groups in total. The van der Waals surface area contributed by atoms with Gasteiger partial charge in [-0.05, 0) is 74.2 Å². The van der Waals surface area contributed by atoms with Gasteiger partial charge in [0.25, 0.3) is 11.8 Å². The summed E-state index contributed by atoms with van der Waals surface area (Å²) in [6.45, 7) is 3.83. The quantitative estimate of drug-likeness (QED) is 0.484. The van der Waals surface area contributed by atoms with Crippen molar-refractivity contribution < 1.29 is 23.9 Å². The fourth-order valence-corrected chi connectivity index (χ4v) is 3.64. The van der Waals surface area contributed by atoms with E-state index in [1.165, 1.54) is 0 Å². The summed E-state index contributed by atoms with van der Waals surface area (Å²) in [5.41, 5.74) is 1.17. The molecule has 1 fully saturated rings. The van der Waals surface area contributed by atoms with E-state index in [9.17, 15) is 14.4 Å². The van der Waals surface area contributed by atoms with Crippen molar-refractivity contribution in [1.29, 1.82) is 0 Å². The minimum atomic E-state index is -0.773. The van der Waals surface area contributed by atoms with Crippen molar-refractivity contribution in [2.75, 3.05) is 26.2 Å². The van der Waals surface area contributed by atoms with Gasteiger partial charge in [-0.3, -0.25) is 9.59 Å². The van der Waals surface area contributed by atoms with Crippen LogP contribution in [0.4, 0.5) is 4.79 Å². The number of hydrogen-bond donors (Lipinski definition) is 1. The van der Waals surface area contributed by atoms with E-state index >= 15 is 0 Å². The standard InChI is InChI=1S/C23H25BrN2O5/c1-2-30-23(29)31-20-9-5-17(6-10-20)21(27)25-15-16-11-13-26(14-12-16)22(28)18-3-7-19(24)8-4-18/h3-10,16H,2,11-15H2,1H3,(H,25,27). The second-order valence-electron chi connectivity index (χ2n) is 7.26. The van der Waals surface area contributed by atoms with Crippen LogP contribution in [0.1, 0.15) is 40.5 Å². The van der Waals surface area contributed by atoms with Crippen molar-refractivity contribution in [3.8, 4) is 5.75 Å². The highest BCUT2D eigenvalue weighted by Crippen LogP contribution is 2.20. The molecule has 164 valence electrons. The molecule has 0 atom stereocenters. The molecule has 1 aliphatic heterocycles. The van der Waals surface area contributed by atoms with Crippen LogP contribution in [0.25, 0.3) is 0 Å². The van der Waals surface area contributed by atoms with Gasteiger partial charge in [0.1, 0.15) is 5.75 Å². The van der Waals surface area contributed by atoms with Gasteiger partial charge in [0.2, 0.25) is 0 Å². The van der Waals surface area contributed by atoms with Crippen molar-refractivity contribution in [3.05, 3.63) is 64.1 Å². The number of piperidine rings is 1. The third-order valence-corrected chi connectivity index (χ3v) is 5.65. The van der Waals surface area contributed by atoms with Crippen molar-refractivity contribution in [1.82, 2.24) is 10.2 Å². The summed E-state index contributed by atoms with van der Waals surface area (Å²) >= 11 is 3.38. The molecule has 31 heavy (non-hydrogen) atoms. The maximum atomic E-state index is 12.6. The molecular formula is C23H25BrN2O5. The maximum Gasteiger partial charge on any atom is 0.513 e. The molecule has 1 saturated heterocycles. The average molecular weight is 489 g/mol. The third-order valence-electron chi connectivity index (χ3n) is 5.12. The Kier molecular flexibility index (Phi) is 8.06. The molecule has 2 aromatic rings. The monoisotopic (exact) mass is 488 g/mol. The Balaban J connectivity index is 1.43. The number of carbonyl (C=O) groups is 3. The van der Waals surface area contributed by atoms with Gasteiger partial charge < -0.3 is 19.7 Å². The lowest BCUT2D eigenvalue weighted by Gasteiger charge is -2.32. The van der Waals surface area contributed by atoms with Gasteiger partial charge >= 0.3 is 6.16 Å². The summed E-state index contributed by atoms with van der Waals surface area (Å²) in [6.07, 6.45) is 0.911. The van der Waals surface area contributed by atoms with Crippen LogP contribution in [0.5, 0.6) is 5.75 Å². The SMILES string of the molecule is CCOC(=O)Oc1ccc(C(=O)NCC2CCN(C(=O)c3ccc(Br)cc3)CC2)cc1. The fraction of sp³-hybridized carbons (Fsp3) is 0.348. The lowest BCUT2D eigenvalue weighted by molar-refractivity contribution is 0.0684. The molecule has 0 unspecified atom stereocenters. The first-order valence-electron chi connectivity index (χ1n) is 10.2. The molecule has 2 aromatic carbocycles. The molecule has 2 amide bonds. The van der Waals surface area contributed by atoms with E-state index in [1.807, 2.05) is 29.2 Å². The number of amides is 2. The molecule has 0 saturated carbocycles. The number of carbonyl (C=O) groups excluding carboxylic acids is 3. The zero-order valence-corrected chi connectivity index (χ0v) is 18.9. The predicted octanol–water partition coefficient (Wildman–Crippen LogP) is 4.27. The average Bonchev–Trinajstić information content (AvgIpc) is 2.78. The molecule has 1 aliphatic rings. The van der Waals surface area contributed by atoms with E-state index in [2.05, 4.69) is 21.2 Å². The molecule has 1 heterocycles. The van der Waals surface area contributed by atoms with E-state index in [1.54, 1.807) is 31.2 Å². The van der Waals surface area contributed by atoms with Crippen LogP contribution in [0, 0.1) is 5.92 Å². The summed E-state index contributed by atoms with van der Waals surface area (Å²) in [7, 11) is 0. The van der Waals surface area contributed by atoms with Crippen LogP contribution in [0.15, 0.2) is 53.0 Å². The number of rotatable bonds is 6. The molecule has 0 radical (unpaired) electrons.